The Morgan fingerprint density at radius 1 is 1.27 bits per heavy atom. The minimum absolute atomic E-state index is 0.114. The minimum Gasteiger partial charge on any atom is -0.492 e. The number of aromatic amines is 1. The number of rotatable bonds is 6. The largest absolute Gasteiger partial charge is 0.492 e. The molecule has 2 aromatic rings. The summed E-state index contributed by atoms with van der Waals surface area (Å²) in [5.74, 6) is 2.11. The van der Waals surface area contributed by atoms with Crippen LogP contribution < -0.4 is 10.3 Å². The van der Waals surface area contributed by atoms with E-state index in [9.17, 15) is 4.79 Å². The molecule has 4 nitrogen and oxygen atoms in total. The number of ether oxygens (including phenoxy) is 1. The fourth-order valence-corrected chi connectivity index (χ4v) is 2.89. The number of aromatic nitrogens is 2. The van der Waals surface area contributed by atoms with Crippen LogP contribution in [0.2, 0.25) is 0 Å². The van der Waals surface area contributed by atoms with Gasteiger partial charge in [-0.15, -0.1) is 0 Å². The number of benzene rings is 1. The molecule has 1 N–H and O–H groups in total. The van der Waals surface area contributed by atoms with Crippen molar-refractivity contribution < 1.29 is 4.74 Å². The predicted octanol–water partition coefficient (Wildman–Crippen LogP) is 3.68. The highest BCUT2D eigenvalue weighted by atomic mass is 32.2. The molecule has 22 heavy (non-hydrogen) atoms. The fourth-order valence-electron chi connectivity index (χ4n) is 2.15. The Kier molecular flexibility index (Phi) is 5.66. The molecule has 0 spiro atoms. The highest BCUT2D eigenvalue weighted by Crippen LogP contribution is 2.27. The van der Waals surface area contributed by atoms with E-state index < -0.39 is 0 Å². The van der Waals surface area contributed by atoms with E-state index in [1.807, 2.05) is 6.92 Å². The molecule has 0 aliphatic heterocycles. The zero-order valence-corrected chi connectivity index (χ0v) is 14.3. The Labute approximate surface area is 135 Å². The van der Waals surface area contributed by atoms with Crippen molar-refractivity contribution in [2.75, 3.05) is 12.4 Å². The first-order valence-electron chi connectivity index (χ1n) is 7.40. The molecule has 0 atom stereocenters. The Bertz CT molecular complexity index is 695. The lowest BCUT2D eigenvalue weighted by Gasteiger charge is -2.14. The first-order valence-corrected chi connectivity index (χ1v) is 8.38. The summed E-state index contributed by atoms with van der Waals surface area (Å²) in [4.78, 5) is 18.4. The zero-order chi connectivity index (χ0) is 16.1. The number of nitrogens with zero attached hydrogens (tertiary/aromatic N) is 1. The van der Waals surface area contributed by atoms with E-state index >= 15 is 0 Å². The molecule has 5 heteroatoms. The summed E-state index contributed by atoms with van der Waals surface area (Å²) in [5.41, 5.74) is 3.03. The van der Waals surface area contributed by atoms with Crippen LogP contribution in [-0.2, 0) is 0 Å². The SMILES string of the molecule is Cc1ccc(C(C)C)c(OCCSc2nc(C)cc(=O)[nH]2)c1. The van der Waals surface area contributed by atoms with Crippen LogP contribution in [0.1, 0.15) is 36.6 Å². The Balaban J connectivity index is 1.94. The molecule has 1 aromatic heterocycles. The van der Waals surface area contributed by atoms with Crippen LogP contribution in [0.25, 0.3) is 0 Å². The third-order valence-corrected chi connectivity index (χ3v) is 4.06. The average molecular weight is 318 g/mol. The van der Waals surface area contributed by atoms with Gasteiger partial charge in [0.15, 0.2) is 5.16 Å². The van der Waals surface area contributed by atoms with E-state index in [2.05, 4.69) is 48.9 Å². The summed E-state index contributed by atoms with van der Waals surface area (Å²) in [7, 11) is 0. The quantitative estimate of drug-likeness (QED) is 0.501. The van der Waals surface area contributed by atoms with Crippen molar-refractivity contribution in [3.05, 3.63) is 51.4 Å². The number of aryl methyl sites for hydroxylation is 2. The number of thioether (sulfide) groups is 1. The van der Waals surface area contributed by atoms with Crippen LogP contribution in [0.5, 0.6) is 5.75 Å². The van der Waals surface area contributed by atoms with E-state index in [1.165, 1.54) is 29.0 Å². The van der Waals surface area contributed by atoms with Gasteiger partial charge in [-0.3, -0.25) is 4.79 Å². The van der Waals surface area contributed by atoms with E-state index in [0.29, 0.717) is 17.7 Å². The van der Waals surface area contributed by atoms with E-state index in [4.69, 9.17) is 4.74 Å². The zero-order valence-electron chi connectivity index (χ0n) is 13.5. The Morgan fingerprint density at radius 3 is 2.73 bits per heavy atom. The summed E-state index contributed by atoms with van der Waals surface area (Å²) in [6.45, 7) is 8.78. The van der Waals surface area contributed by atoms with Crippen molar-refractivity contribution in [2.24, 2.45) is 0 Å². The second kappa shape index (κ2) is 7.49. The summed E-state index contributed by atoms with van der Waals surface area (Å²) in [5, 5.41) is 0.641. The fraction of sp³-hybridized carbons (Fsp3) is 0.412. The molecule has 1 aromatic carbocycles. The monoisotopic (exact) mass is 318 g/mol. The molecule has 0 fully saturated rings. The van der Waals surface area contributed by atoms with Crippen molar-refractivity contribution in [1.29, 1.82) is 0 Å². The van der Waals surface area contributed by atoms with Crippen LogP contribution >= 0.6 is 11.8 Å². The van der Waals surface area contributed by atoms with Gasteiger partial charge in [0.25, 0.3) is 5.56 Å². The summed E-state index contributed by atoms with van der Waals surface area (Å²) < 4.78 is 5.92. The molecule has 1 heterocycles. The van der Waals surface area contributed by atoms with Gasteiger partial charge in [0.2, 0.25) is 0 Å². The molecular formula is C17H22N2O2S. The van der Waals surface area contributed by atoms with Gasteiger partial charge in [-0.25, -0.2) is 4.98 Å². The lowest BCUT2D eigenvalue weighted by molar-refractivity contribution is 0.338. The van der Waals surface area contributed by atoms with E-state index in [1.54, 1.807) is 0 Å². The molecule has 0 amide bonds. The molecule has 0 radical (unpaired) electrons. The van der Waals surface area contributed by atoms with Crippen molar-refractivity contribution >= 4 is 11.8 Å². The maximum Gasteiger partial charge on any atom is 0.251 e. The summed E-state index contributed by atoms with van der Waals surface area (Å²) in [6.07, 6.45) is 0. The molecule has 118 valence electrons. The number of nitrogens with one attached hydrogen (secondary N) is 1. The standard InChI is InChI=1S/C17H22N2O2S/c1-11(2)14-6-5-12(3)9-15(14)21-7-8-22-17-18-13(4)10-16(20)19-17/h5-6,9-11H,7-8H2,1-4H3,(H,18,19,20). The third-order valence-electron chi connectivity index (χ3n) is 3.22. The summed E-state index contributed by atoms with van der Waals surface area (Å²) in [6, 6.07) is 7.80. The topological polar surface area (TPSA) is 55.0 Å². The van der Waals surface area contributed by atoms with Gasteiger partial charge in [-0.1, -0.05) is 37.7 Å². The van der Waals surface area contributed by atoms with Crippen molar-refractivity contribution in [2.45, 2.75) is 38.8 Å². The molecule has 0 aliphatic rings. The van der Waals surface area contributed by atoms with Gasteiger partial charge < -0.3 is 9.72 Å². The molecule has 0 saturated carbocycles. The average Bonchev–Trinajstić information content (AvgIpc) is 2.42. The maximum absolute atomic E-state index is 11.4. The maximum atomic E-state index is 11.4. The second-order valence-electron chi connectivity index (χ2n) is 5.58. The second-order valence-corrected chi connectivity index (χ2v) is 6.67. The molecule has 0 unspecified atom stereocenters. The van der Waals surface area contributed by atoms with Gasteiger partial charge in [0.1, 0.15) is 5.75 Å². The third kappa shape index (κ3) is 4.63. The first-order chi connectivity index (χ1) is 10.5. The van der Waals surface area contributed by atoms with E-state index in [-0.39, 0.29) is 5.56 Å². The summed E-state index contributed by atoms with van der Waals surface area (Å²) >= 11 is 1.49. The Morgan fingerprint density at radius 2 is 2.05 bits per heavy atom. The van der Waals surface area contributed by atoms with Gasteiger partial charge in [0.05, 0.1) is 6.61 Å². The van der Waals surface area contributed by atoms with Crippen LogP contribution in [-0.4, -0.2) is 22.3 Å². The normalized spacial score (nSPS) is 11.0. The molecular weight excluding hydrogens is 296 g/mol. The van der Waals surface area contributed by atoms with Crippen molar-refractivity contribution in [1.82, 2.24) is 9.97 Å². The van der Waals surface area contributed by atoms with Crippen LogP contribution in [0.3, 0.4) is 0 Å². The highest BCUT2D eigenvalue weighted by molar-refractivity contribution is 7.99. The molecule has 0 bridgehead atoms. The van der Waals surface area contributed by atoms with E-state index in [0.717, 1.165) is 17.2 Å². The number of hydrogen-bond donors (Lipinski definition) is 1. The van der Waals surface area contributed by atoms with Crippen molar-refractivity contribution in [3.63, 3.8) is 0 Å². The van der Waals surface area contributed by atoms with Crippen LogP contribution in [0.4, 0.5) is 0 Å². The molecule has 0 aliphatic carbocycles. The van der Waals surface area contributed by atoms with Gasteiger partial charge >= 0.3 is 0 Å². The lowest BCUT2D eigenvalue weighted by atomic mass is 10.0. The van der Waals surface area contributed by atoms with Crippen LogP contribution in [0, 0.1) is 13.8 Å². The molecule has 2 rings (SSSR count). The van der Waals surface area contributed by atoms with Gasteiger partial charge in [0, 0.05) is 17.5 Å². The van der Waals surface area contributed by atoms with Gasteiger partial charge in [-0.05, 0) is 37.0 Å². The predicted molar refractivity (Wildman–Crippen MR) is 91.1 cm³/mol. The van der Waals surface area contributed by atoms with Crippen LogP contribution in [0.15, 0.2) is 34.2 Å². The lowest BCUT2D eigenvalue weighted by Crippen LogP contribution is -2.09. The van der Waals surface area contributed by atoms with Crippen molar-refractivity contribution in [3.8, 4) is 5.75 Å². The minimum atomic E-state index is -0.114. The molecule has 0 saturated heterocycles. The number of hydrogen-bond acceptors (Lipinski definition) is 4. The Hall–Kier alpha value is -1.75. The smallest absolute Gasteiger partial charge is 0.251 e. The highest BCUT2D eigenvalue weighted by Gasteiger charge is 2.08. The first kappa shape index (κ1) is 16.6. The van der Waals surface area contributed by atoms with Gasteiger partial charge in [-0.2, -0.15) is 0 Å². The number of H-pyrrole nitrogens is 1.